The molecule has 0 bridgehead atoms. The molecule has 0 saturated heterocycles. The third-order valence-corrected chi connectivity index (χ3v) is 3.88. The van der Waals surface area contributed by atoms with Crippen molar-refractivity contribution in [3.05, 3.63) is 69.9 Å². The maximum Gasteiger partial charge on any atom is 0.145 e. The van der Waals surface area contributed by atoms with E-state index in [4.69, 9.17) is 10.3 Å². The molecule has 3 N–H and O–H groups in total. The zero-order valence-corrected chi connectivity index (χ0v) is 12.3. The fourth-order valence-corrected chi connectivity index (χ4v) is 2.61. The second-order valence-electron chi connectivity index (χ2n) is 4.54. The van der Waals surface area contributed by atoms with E-state index in [1.807, 2.05) is 18.2 Å². The van der Waals surface area contributed by atoms with Crippen molar-refractivity contribution in [1.29, 1.82) is 0 Å². The maximum absolute atomic E-state index is 14.2. The van der Waals surface area contributed by atoms with Crippen LogP contribution >= 0.6 is 15.9 Å². The minimum Gasteiger partial charge on any atom is -0.459 e. The lowest BCUT2D eigenvalue weighted by atomic mass is 10.0. The van der Waals surface area contributed by atoms with Crippen molar-refractivity contribution in [2.75, 3.05) is 0 Å². The van der Waals surface area contributed by atoms with Gasteiger partial charge in [-0.15, -0.1) is 0 Å². The van der Waals surface area contributed by atoms with Crippen LogP contribution in [0.1, 0.15) is 17.4 Å². The Hall–Kier alpha value is -1.76. The van der Waals surface area contributed by atoms with E-state index in [-0.39, 0.29) is 10.0 Å². The third-order valence-electron chi connectivity index (χ3n) is 3.26. The average molecular weight is 353 g/mol. The van der Waals surface area contributed by atoms with Crippen molar-refractivity contribution in [1.82, 2.24) is 5.43 Å². The first-order valence-corrected chi connectivity index (χ1v) is 6.99. The summed E-state index contributed by atoms with van der Waals surface area (Å²) in [6, 6.07) is 10.6. The van der Waals surface area contributed by atoms with Gasteiger partial charge in [-0.05, 0) is 40.2 Å². The van der Waals surface area contributed by atoms with E-state index in [9.17, 15) is 8.78 Å². The second-order valence-corrected chi connectivity index (χ2v) is 5.40. The predicted molar refractivity (Wildman–Crippen MR) is 79.4 cm³/mol. The van der Waals surface area contributed by atoms with Gasteiger partial charge in [0.1, 0.15) is 29.0 Å². The van der Waals surface area contributed by atoms with Crippen molar-refractivity contribution in [2.24, 2.45) is 5.84 Å². The zero-order chi connectivity index (χ0) is 15.0. The Balaban J connectivity index is 2.16. The molecule has 3 rings (SSSR count). The molecule has 0 spiro atoms. The van der Waals surface area contributed by atoms with Gasteiger partial charge >= 0.3 is 0 Å². The molecule has 1 heterocycles. The smallest absolute Gasteiger partial charge is 0.145 e. The lowest BCUT2D eigenvalue weighted by Crippen LogP contribution is -2.30. The number of benzene rings is 2. The van der Waals surface area contributed by atoms with Gasteiger partial charge in [0.15, 0.2) is 0 Å². The van der Waals surface area contributed by atoms with Crippen LogP contribution in [0.3, 0.4) is 0 Å². The molecule has 0 amide bonds. The van der Waals surface area contributed by atoms with Crippen LogP contribution in [-0.2, 0) is 0 Å². The van der Waals surface area contributed by atoms with Crippen LogP contribution in [0.2, 0.25) is 0 Å². The van der Waals surface area contributed by atoms with E-state index in [1.165, 1.54) is 12.1 Å². The molecule has 108 valence electrons. The van der Waals surface area contributed by atoms with Crippen LogP contribution < -0.4 is 11.3 Å². The Morgan fingerprint density at radius 2 is 1.90 bits per heavy atom. The number of hydrogen-bond acceptors (Lipinski definition) is 3. The minimum atomic E-state index is -0.921. The Bertz CT molecular complexity index is 770. The van der Waals surface area contributed by atoms with E-state index >= 15 is 0 Å². The summed E-state index contributed by atoms with van der Waals surface area (Å²) in [5, 5.41) is 0.837. The largest absolute Gasteiger partial charge is 0.459 e. The van der Waals surface area contributed by atoms with E-state index in [2.05, 4.69) is 21.4 Å². The van der Waals surface area contributed by atoms with Gasteiger partial charge in [0.2, 0.25) is 0 Å². The van der Waals surface area contributed by atoms with Crippen molar-refractivity contribution >= 4 is 26.9 Å². The predicted octanol–water partition coefficient (Wildman–Crippen LogP) is 4.03. The highest BCUT2D eigenvalue weighted by molar-refractivity contribution is 9.10. The van der Waals surface area contributed by atoms with Crippen molar-refractivity contribution in [3.63, 3.8) is 0 Å². The second kappa shape index (κ2) is 5.55. The number of hydrazine groups is 1. The SMILES string of the molecule is NNC(c1cc2ccccc2o1)c1c(F)ccc(Br)c1F. The molecule has 1 unspecified atom stereocenters. The van der Waals surface area contributed by atoms with Gasteiger partial charge in [0, 0.05) is 5.39 Å². The summed E-state index contributed by atoms with van der Waals surface area (Å²) >= 11 is 3.04. The number of hydrogen-bond donors (Lipinski definition) is 2. The number of fused-ring (bicyclic) bond motifs is 1. The summed E-state index contributed by atoms with van der Waals surface area (Å²) in [5.41, 5.74) is 2.85. The Labute approximate surface area is 127 Å². The van der Waals surface area contributed by atoms with E-state index in [0.29, 0.717) is 11.3 Å². The van der Waals surface area contributed by atoms with Gasteiger partial charge in [0.25, 0.3) is 0 Å². The monoisotopic (exact) mass is 352 g/mol. The minimum absolute atomic E-state index is 0.162. The van der Waals surface area contributed by atoms with Gasteiger partial charge in [-0.1, -0.05) is 18.2 Å². The molecule has 0 aliphatic rings. The first-order chi connectivity index (χ1) is 10.1. The lowest BCUT2D eigenvalue weighted by Gasteiger charge is -2.16. The van der Waals surface area contributed by atoms with E-state index < -0.39 is 17.7 Å². The van der Waals surface area contributed by atoms with Crippen LogP contribution in [0.25, 0.3) is 11.0 Å². The Morgan fingerprint density at radius 1 is 1.14 bits per heavy atom. The number of para-hydroxylation sites is 1. The average Bonchev–Trinajstić information content (AvgIpc) is 2.91. The van der Waals surface area contributed by atoms with Gasteiger partial charge < -0.3 is 4.42 Å². The normalized spacial score (nSPS) is 12.8. The highest BCUT2D eigenvalue weighted by Crippen LogP contribution is 2.33. The number of rotatable bonds is 3. The van der Waals surface area contributed by atoms with Crippen LogP contribution in [-0.4, -0.2) is 0 Å². The molecule has 0 saturated carbocycles. The molecule has 3 nitrogen and oxygen atoms in total. The van der Waals surface area contributed by atoms with E-state index in [1.54, 1.807) is 12.1 Å². The first-order valence-electron chi connectivity index (χ1n) is 6.20. The molecular weight excluding hydrogens is 342 g/mol. The maximum atomic E-state index is 14.2. The van der Waals surface area contributed by atoms with Crippen LogP contribution in [0.15, 0.2) is 51.4 Å². The number of nitrogens with one attached hydrogen (secondary N) is 1. The van der Waals surface area contributed by atoms with Gasteiger partial charge in [-0.3, -0.25) is 5.84 Å². The molecule has 0 fully saturated rings. The molecule has 0 aliphatic heterocycles. The molecular formula is C15H11BrF2N2O. The molecule has 6 heteroatoms. The summed E-state index contributed by atoms with van der Waals surface area (Å²) in [4.78, 5) is 0. The molecule has 2 aromatic carbocycles. The molecule has 0 aliphatic carbocycles. The lowest BCUT2D eigenvalue weighted by molar-refractivity contribution is 0.442. The summed E-state index contributed by atoms with van der Waals surface area (Å²) in [6.45, 7) is 0. The fourth-order valence-electron chi connectivity index (χ4n) is 2.26. The molecule has 3 aromatic rings. The Morgan fingerprint density at radius 3 is 2.62 bits per heavy atom. The molecule has 0 radical (unpaired) electrons. The topological polar surface area (TPSA) is 51.2 Å². The molecule has 21 heavy (non-hydrogen) atoms. The zero-order valence-electron chi connectivity index (χ0n) is 10.7. The highest BCUT2D eigenvalue weighted by Gasteiger charge is 2.25. The standard InChI is InChI=1S/C15H11BrF2N2O/c16-9-5-6-10(17)13(14(9)18)15(20-19)12-7-8-3-1-2-4-11(8)21-12/h1-7,15,20H,19H2. The van der Waals surface area contributed by atoms with Crippen molar-refractivity contribution in [2.45, 2.75) is 6.04 Å². The summed E-state index contributed by atoms with van der Waals surface area (Å²) in [6.07, 6.45) is 0. The number of nitrogens with two attached hydrogens (primary N) is 1. The number of furan rings is 1. The van der Waals surface area contributed by atoms with Gasteiger partial charge in [0.05, 0.1) is 10.0 Å². The summed E-state index contributed by atoms with van der Waals surface area (Å²) in [5.74, 6) is 4.43. The third kappa shape index (κ3) is 2.46. The quantitative estimate of drug-likeness (QED) is 0.425. The summed E-state index contributed by atoms with van der Waals surface area (Å²) in [7, 11) is 0. The Kier molecular flexibility index (Phi) is 3.75. The first kappa shape index (κ1) is 14.2. The van der Waals surface area contributed by atoms with Gasteiger partial charge in [-0.2, -0.15) is 0 Å². The fraction of sp³-hybridized carbons (Fsp3) is 0.0667. The van der Waals surface area contributed by atoms with Crippen LogP contribution in [0.4, 0.5) is 8.78 Å². The highest BCUT2D eigenvalue weighted by atomic mass is 79.9. The molecule has 1 aromatic heterocycles. The van der Waals surface area contributed by atoms with Crippen molar-refractivity contribution < 1.29 is 13.2 Å². The summed E-state index contributed by atoms with van der Waals surface area (Å²) < 4.78 is 34.0. The number of halogens is 3. The van der Waals surface area contributed by atoms with E-state index in [0.717, 1.165) is 5.39 Å². The van der Waals surface area contributed by atoms with Crippen LogP contribution in [0, 0.1) is 11.6 Å². The molecule has 1 atom stereocenters. The van der Waals surface area contributed by atoms with Crippen LogP contribution in [0.5, 0.6) is 0 Å². The van der Waals surface area contributed by atoms with Gasteiger partial charge in [-0.25, -0.2) is 14.2 Å². The van der Waals surface area contributed by atoms with Crippen molar-refractivity contribution in [3.8, 4) is 0 Å².